The van der Waals surface area contributed by atoms with Crippen LogP contribution >= 0.6 is 0 Å². The van der Waals surface area contributed by atoms with E-state index in [-0.39, 0.29) is 5.91 Å². The van der Waals surface area contributed by atoms with Gasteiger partial charge in [0.1, 0.15) is 11.8 Å². The fourth-order valence-electron chi connectivity index (χ4n) is 3.08. The van der Waals surface area contributed by atoms with E-state index >= 15 is 0 Å². The Balaban J connectivity index is 1.72. The van der Waals surface area contributed by atoms with Gasteiger partial charge >= 0.3 is 0 Å². The van der Waals surface area contributed by atoms with Crippen LogP contribution in [0.25, 0.3) is 5.52 Å². The number of amides is 1. The van der Waals surface area contributed by atoms with Crippen molar-refractivity contribution in [2.45, 2.75) is 32.7 Å². The largest absolute Gasteiger partial charge is 0.349 e. The molecule has 4 rings (SSSR count). The van der Waals surface area contributed by atoms with Crippen LogP contribution in [0.1, 0.15) is 44.7 Å². The Kier molecular flexibility index (Phi) is 4.32. The molecule has 3 aromatic rings. The smallest absolute Gasteiger partial charge is 0.251 e. The fraction of sp³-hybridized carbons (Fsp3) is 0.238. The summed E-state index contributed by atoms with van der Waals surface area (Å²) in [7, 11) is 0. The lowest BCUT2D eigenvalue weighted by Gasteiger charge is -2.12. The maximum absolute atomic E-state index is 12.4. The van der Waals surface area contributed by atoms with Crippen molar-refractivity contribution in [3.05, 3.63) is 53.0 Å². The average Bonchev–Trinajstić information content (AvgIpc) is 3.44. The number of carbonyl (C=O) groups excluding carboxylic acids is 2. The second kappa shape index (κ2) is 6.82. The standard InChI is InChI=1S/C21H19N5O2/c1-4-18(27)16-10-26-19(13(16)3)20(22-11-23-26)25-17-9-14(6-5-12(17)2)21(28)24-15-7-8-15/h1,5-6,9-11,15H,7-8H2,2-3H3,(H,24,28)(H,22,23,25). The summed E-state index contributed by atoms with van der Waals surface area (Å²) >= 11 is 0. The van der Waals surface area contributed by atoms with E-state index in [1.807, 2.05) is 13.0 Å². The van der Waals surface area contributed by atoms with Gasteiger partial charge in [-0.2, -0.15) is 5.10 Å². The van der Waals surface area contributed by atoms with Crippen molar-refractivity contribution in [3.8, 4) is 12.3 Å². The summed E-state index contributed by atoms with van der Waals surface area (Å²) in [5.41, 5.74) is 4.08. The summed E-state index contributed by atoms with van der Waals surface area (Å²) in [6.07, 6.45) is 10.3. The van der Waals surface area contributed by atoms with E-state index in [0.29, 0.717) is 34.1 Å². The number of rotatable bonds is 5. The number of nitrogens with one attached hydrogen (secondary N) is 2. The van der Waals surface area contributed by atoms with Gasteiger partial charge in [0.2, 0.25) is 5.78 Å². The SMILES string of the molecule is C#CC(=O)c1cn2ncnc(Nc3cc(C(=O)NC4CC4)ccc3C)c2c1C. The first kappa shape index (κ1) is 17.7. The van der Waals surface area contributed by atoms with Crippen LogP contribution in [0.2, 0.25) is 0 Å². The molecule has 0 unspecified atom stereocenters. The molecule has 28 heavy (non-hydrogen) atoms. The maximum atomic E-state index is 12.4. The Bertz CT molecular complexity index is 1150. The van der Waals surface area contributed by atoms with Gasteiger partial charge in [0.05, 0.1) is 5.56 Å². The zero-order chi connectivity index (χ0) is 19.8. The number of Topliss-reactive ketones (excluding diaryl/α,β-unsaturated/α-hetero) is 1. The minimum atomic E-state index is -0.399. The maximum Gasteiger partial charge on any atom is 0.251 e. The van der Waals surface area contributed by atoms with Crippen molar-refractivity contribution < 1.29 is 9.59 Å². The lowest BCUT2D eigenvalue weighted by atomic mass is 10.1. The highest BCUT2D eigenvalue weighted by Gasteiger charge is 2.24. The summed E-state index contributed by atoms with van der Waals surface area (Å²) in [6, 6.07) is 5.79. The van der Waals surface area contributed by atoms with Crippen LogP contribution in [0.4, 0.5) is 11.5 Å². The van der Waals surface area contributed by atoms with Crippen molar-refractivity contribution in [2.75, 3.05) is 5.32 Å². The summed E-state index contributed by atoms with van der Waals surface area (Å²) in [5.74, 6) is 2.19. The molecule has 7 nitrogen and oxygen atoms in total. The van der Waals surface area contributed by atoms with Crippen LogP contribution in [0, 0.1) is 26.2 Å². The third kappa shape index (κ3) is 3.21. The second-order valence-electron chi connectivity index (χ2n) is 6.95. The van der Waals surface area contributed by atoms with Crippen molar-refractivity contribution in [2.24, 2.45) is 0 Å². The Morgan fingerprint density at radius 2 is 2.07 bits per heavy atom. The van der Waals surface area contributed by atoms with E-state index in [2.05, 4.69) is 26.6 Å². The van der Waals surface area contributed by atoms with Gasteiger partial charge in [-0.1, -0.05) is 6.07 Å². The van der Waals surface area contributed by atoms with Crippen LogP contribution in [-0.2, 0) is 0 Å². The number of hydrogen-bond donors (Lipinski definition) is 2. The van der Waals surface area contributed by atoms with E-state index < -0.39 is 5.78 Å². The molecule has 2 aromatic heterocycles. The lowest BCUT2D eigenvalue weighted by Crippen LogP contribution is -2.25. The molecular formula is C21H19N5O2. The lowest BCUT2D eigenvalue weighted by molar-refractivity contribution is 0.0950. The number of terminal acetylenes is 1. The molecule has 1 saturated carbocycles. The highest BCUT2D eigenvalue weighted by Crippen LogP contribution is 2.28. The van der Waals surface area contributed by atoms with Crippen LogP contribution in [0.5, 0.6) is 0 Å². The molecule has 2 heterocycles. The number of aromatic nitrogens is 3. The molecule has 2 N–H and O–H groups in total. The Hall–Kier alpha value is -3.66. The summed E-state index contributed by atoms with van der Waals surface area (Å²) in [5, 5.41) is 10.4. The number of fused-ring (bicyclic) bond motifs is 1. The number of benzene rings is 1. The van der Waals surface area contributed by atoms with E-state index in [9.17, 15) is 9.59 Å². The fourth-order valence-corrected chi connectivity index (χ4v) is 3.08. The first-order valence-corrected chi connectivity index (χ1v) is 9.00. The van der Waals surface area contributed by atoms with Gasteiger partial charge < -0.3 is 10.6 Å². The van der Waals surface area contributed by atoms with Gasteiger partial charge in [0, 0.05) is 23.5 Å². The van der Waals surface area contributed by atoms with Crippen LogP contribution in [0.15, 0.2) is 30.7 Å². The zero-order valence-corrected chi connectivity index (χ0v) is 15.6. The highest BCUT2D eigenvalue weighted by molar-refractivity contribution is 6.11. The van der Waals surface area contributed by atoms with E-state index in [4.69, 9.17) is 6.42 Å². The monoisotopic (exact) mass is 373 g/mol. The van der Waals surface area contributed by atoms with Crippen LogP contribution < -0.4 is 10.6 Å². The number of hydrogen-bond acceptors (Lipinski definition) is 5. The summed E-state index contributed by atoms with van der Waals surface area (Å²) < 4.78 is 1.58. The van der Waals surface area contributed by atoms with Crippen molar-refractivity contribution in [1.82, 2.24) is 19.9 Å². The average molecular weight is 373 g/mol. The Morgan fingerprint density at radius 3 is 2.79 bits per heavy atom. The minimum Gasteiger partial charge on any atom is -0.349 e. The minimum absolute atomic E-state index is 0.0841. The van der Waals surface area contributed by atoms with Gasteiger partial charge in [-0.15, -0.1) is 6.42 Å². The number of anilines is 2. The third-order valence-corrected chi connectivity index (χ3v) is 4.87. The topological polar surface area (TPSA) is 88.4 Å². The molecule has 0 atom stereocenters. The molecule has 7 heteroatoms. The van der Waals surface area contributed by atoms with Gasteiger partial charge in [0.15, 0.2) is 5.82 Å². The molecule has 0 spiro atoms. The molecule has 0 bridgehead atoms. The van der Waals surface area contributed by atoms with E-state index in [1.165, 1.54) is 6.33 Å². The first-order valence-electron chi connectivity index (χ1n) is 9.00. The molecule has 1 aliphatic carbocycles. The molecule has 140 valence electrons. The Morgan fingerprint density at radius 1 is 1.29 bits per heavy atom. The first-order chi connectivity index (χ1) is 13.5. The number of ketones is 1. The summed E-state index contributed by atoms with van der Waals surface area (Å²) in [6.45, 7) is 3.75. The molecule has 0 saturated heterocycles. The number of nitrogens with zero attached hydrogens (tertiary/aromatic N) is 3. The molecule has 1 fully saturated rings. The van der Waals surface area contributed by atoms with Gasteiger partial charge in [-0.05, 0) is 55.9 Å². The Labute approximate surface area is 162 Å². The zero-order valence-electron chi connectivity index (χ0n) is 15.6. The molecule has 0 aliphatic heterocycles. The predicted octanol–water partition coefficient (Wildman–Crippen LogP) is 2.80. The van der Waals surface area contributed by atoms with Gasteiger partial charge in [-0.3, -0.25) is 9.59 Å². The number of carbonyl (C=O) groups is 2. The third-order valence-electron chi connectivity index (χ3n) is 4.87. The normalized spacial score (nSPS) is 13.2. The molecule has 1 amide bonds. The predicted molar refractivity (Wildman–Crippen MR) is 106 cm³/mol. The number of aryl methyl sites for hydroxylation is 2. The van der Waals surface area contributed by atoms with Gasteiger partial charge in [0.25, 0.3) is 5.91 Å². The van der Waals surface area contributed by atoms with E-state index in [1.54, 1.807) is 29.8 Å². The quantitative estimate of drug-likeness (QED) is 0.408. The molecule has 1 aliphatic rings. The molecule has 1 aromatic carbocycles. The van der Waals surface area contributed by atoms with Crippen molar-refractivity contribution in [1.29, 1.82) is 0 Å². The van der Waals surface area contributed by atoms with Crippen LogP contribution in [-0.4, -0.2) is 32.3 Å². The van der Waals surface area contributed by atoms with Crippen molar-refractivity contribution in [3.63, 3.8) is 0 Å². The van der Waals surface area contributed by atoms with Crippen LogP contribution in [0.3, 0.4) is 0 Å². The summed E-state index contributed by atoms with van der Waals surface area (Å²) in [4.78, 5) is 28.7. The molecular weight excluding hydrogens is 354 g/mol. The highest BCUT2D eigenvalue weighted by atomic mass is 16.1. The van der Waals surface area contributed by atoms with Gasteiger partial charge in [-0.25, -0.2) is 9.50 Å². The van der Waals surface area contributed by atoms with Crippen molar-refractivity contribution >= 4 is 28.7 Å². The second-order valence-corrected chi connectivity index (χ2v) is 6.95. The van der Waals surface area contributed by atoms with E-state index in [0.717, 1.165) is 24.1 Å². The molecule has 0 radical (unpaired) electrons.